The van der Waals surface area contributed by atoms with Crippen LogP contribution in [-0.2, 0) is 19.1 Å². The first-order valence-corrected chi connectivity index (χ1v) is 3.97. The molecular weight excluding hydrogens is 195 g/mol. The monoisotopic (exact) mass is 206 g/mol. The Labute approximate surface area is 80.1 Å². The van der Waals surface area contributed by atoms with E-state index in [0.29, 0.717) is 0 Å². The van der Waals surface area contributed by atoms with Gasteiger partial charge in [-0.1, -0.05) is 0 Å². The first-order valence-electron chi connectivity index (χ1n) is 3.97. The van der Waals surface area contributed by atoms with E-state index in [1.54, 1.807) is 0 Å². The van der Waals surface area contributed by atoms with Gasteiger partial charge in [-0.2, -0.15) is 4.39 Å². The Bertz CT molecular complexity index is 258. The molecule has 0 unspecified atom stereocenters. The summed E-state index contributed by atoms with van der Waals surface area (Å²) in [4.78, 5) is 21.5. The summed E-state index contributed by atoms with van der Waals surface area (Å²) in [7, 11) is 0. The number of hydrogen-bond acceptors (Lipinski definition) is 5. The SMILES string of the molecule is CCOC(=O)C(=O)/C(F)=C(\O)OCC. The molecule has 0 fully saturated rings. The van der Waals surface area contributed by atoms with Gasteiger partial charge in [0.1, 0.15) is 0 Å². The summed E-state index contributed by atoms with van der Waals surface area (Å²) in [5, 5.41) is 8.76. The molecule has 80 valence electrons. The van der Waals surface area contributed by atoms with Gasteiger partial charge >= 0.3 is 17.7 Å². The van der Waals surface area contributed by atoms with Crippen molar-refractivity contribution in [2.75, 3.05) is 13.2 Å². The number of esters is 1. The second-order valence-electron chi connectivity index (χ2n) is 2.10. The fraction of sp³-hybridized carbons (Fsp3) is 0.500. The Morgan fingerprint density at radius 1 is 1.21 bits per heavy atom. The van der Waals surface area contributed by atoms with Crippen molar-refractivity contribution in [3.8, 4) is 0 Å². The van der Waals surface area contributed by atoms with Gasteiger partial charge in [-0.05, 0) is 13.8 Å². The van der Waals surface area contributed by atoms with Gasteiger partial charge in [0.05, 0.1) is 13.2 Å². The number of aliphatic hydroxyl groups excluding tert-OH is 1. The molecule has 0 aliphatic heterocycles. The van der Waals surface area contributed by atoms with Crippen LogP contribution in [0.25, 0.3) is 0 Å². The molecule has 0 aliphatic carbocycles. The van der Waals surface area contributed by atoms with Crippen molar-refractivity contribution in [3.05, 3.63) is 11.8 Å². The van der Waals surface area contributed by atoms with Gasteiger partial charge in [0.2, 0.25) is 0 Å². The van der Waals surface area contributed by atoms with E-state index in [1.807, 2.05) is 0 Å². The molecule has 0 rings (SSSR count). The van der Waals surface area contributed by atoms with Gasteiger partial charge in [-0.15, -0.1) is 0 Å². The number of hydrogen-bond donors (Lipinski definition) is 1. The molecule has 0 aromatic rings. The predicted octanol–water partition coefficient (Wildman–Crippen LogP) is 0.852. The van der Waals surface area contributed by atoms with Crippen LogP contribution in [0, 0.1) is 0 Å². The summed E-state index contributed by atoms with van der Waals surface area (Å²) in [6.45, 7) is 2.89. The summed E-state index contributed by atoms with van der Waals surface area (Å²) in [6.07, 6.45) is 0. The van der Waals surface area contributed by atoms with Crippen LogP contribution in [0.3, 0.4) is 0 Å². The van der Waals surface area contributed by atoms with Crippen LogP contribution in [-0.4, -0.2) is 30.1 Å². The largest absolute Gasteiger partial charge is 0.479 e. The Kier molecular flexibility index (Phi) is 5.28. The second-order valence-corrected chi connectivity index (χ2v) is 2.10. The highest BCUT2D eigenvalue weighted by atomic mass is 19.1. The molecule has 0 spiro atoms. The van der Waals surface area contributed by atoms with E-state index in [9.17, 15) is 14.0 Å². The maximum Gasteiger partial charge on any atom is 0.382 e. The molecule has 1 N–H and O–H groups in total. The standard InChI is InChI=1S/C8H11FO5/c1-3-13-7(11)5(9)6(10)8(12)14-4-2/h11H,3-4H2,1-2H3/b7-5-. The normalized spacial score (nSPS) is 11.6. The lowest BCUT2D eigenvalue weighted by atomic mass is 10.3. The highest BCUT2D eigenvalue weighted by Crippen LogP contribution is 2.07. The zero-order valence-corrected chi connectivity index (χ0v) is 7.87. The third-order valence-electron chi connectivity index (χ3n) is 1.13. The minimum absolute atomic E-state index is 0.0185. The number of aliphatic hydroxyl groups is 1. The van der Waals surface area contributed by atoms with Crippen LogP contribution in [0.1, 0.15) is 13.8 Å². The van der Waals surface area contributed by atoms with Crippen molar-refractivity contribution in [1.29, 1.82) is 0 Å². The summed E-state index contributed by atoms with van der Waals surface area (Å²) >= 11 is 0. The Balaban J connectivity index is 4.52. The van der Waals surface area contributed by atoms with Gasteiger partial charge in [-0.3, -0.25) is 4.79 Å². The summed E-state index contributed by atoms with van der Waals surface area (Å²) in [5.74, 6) is -5.77. The molecule has 0 bridgehead atoms. The minimum atomic E-state index is -1.65. The average Bonchev–Trinajstić information content (AvgIpc) is 2.16. The van der Waals surface area contributed by atoms with Gasteiger partial charge in [-0.25, -0.2) is 4.79 Å². The molecule has 0 aromatic heterocycles. The highest BCUT2D eigenvalue weighted by molar-refractivity contribution is 6.39. The van der Waals surface area contributed by atoms with Crippen molar-refractivity contribution < 1.29 is 28.6 Å². The van der Waals surface area contributed by atoms with E-state index in [0.717, 1.165) is 0 Å². The molecule has 0 aromatic carbocycles. The van der Waals surface area contributed by atoms with Crippen molar-refractivity contribution in [1.82, 2.24) is 0 Å². The molecule has 0 atom stereocenters. The Morgan fingerprint density at radius 3 is 2.14 bits per heavy atom. The number of carbonyl (C=O) groups excluding carboxylic acids is 2. The first-order chi connectivity index (χ1) is 6.54. The van der Waals surface area contributed by atoms with Crippen LogP contribution in [0.4, 0.5) is 4.39 Å². The summed E-state index contributed by atoms with van der Waals surface area (Å²) in [6, 6.07) is 0. The topological polar surface area (TPSA) is 72.8 Å². The second kappa shape index (κ2) is 5.95. The number of ether oxygens (including phenoxy) is 2. The van der Waals surface area contributed by atoms with E-state index in [1.165, 1.54) is 13.8 Å². The number of carbonyl (C=O) groups is 2. The number of halogens is 1. The zero-order valence-electron chi connectivity index (χ0n) is 7.87. The van der Waals surface area contributed by atoms with Crippen molar-refractivity contribution in [3.63, 3.8) is 0 Å². The predicted molar refractivity (Wildman–Crippen MR) is 44.0 cm³/mol. The van der Waals surface area contributed by atoms with Crippen LogP contribution in [0.2, 0.25) is 0 Å². The molecule has 14 heavy (non-hydrogen) atoms. The molecular formula is C8H11FO5. The van der Waals surface area contributed by atoms with Crippen molar-refractivity contribution >= 4 is 11.8 Å². The average molecular weight is 206 g/mol. The molecule has 0 saturated carbocycles. The lowest BCUT2D eigenvalue weighted by molar-refractivity contribution is -0.152. The van der Waals surface area contributed by atoms with Crippen LogP contribution in [0.15, 0.2) is 11.8 Å². The molecule has 0 aliphatic rings. The molecule has 0 radical (unpaired) electrons. The van der Waals surface area contributed by atoms with E-state index in [2.05, 4.69) is 9.47 Å². The Hall–Kier alpha value is -1.59. The van der Waals surface area contributed by atoms with Crippen LogP contribution >= 0.6 is 0 Å². The van der Waals surface area contributed by atoms with Crippen LogP contribution in [0.5, 0.6) is 0 Å². The van der Waals surface area contributed by atoms with Crippen molar-refractivity contribution in [2.45, 2.75) is 13.8 Å². The lowest BCUT2D eigenvalue weighted by Crippen LogP contribution is -2.19. The number of ketones is 1. The quantitative estimate of drug-likeness (QED) is 0.312. The van der Waals surface area contributed by atoms with Crippen molar-refractivity contribution in [2.24, 2.45) is 0 Å². The van der Waals surface area contributed by atoms with E-state index >= 15 is 0 Å². The van der Waals surface area contributed by atoms with Gasteiger partial charge in [0.15, 0.2) is 0 Å². The maximum atomic E-state index is 12.8. The number of rotatable bonds is 5. The van der Waals surface area contributed by atoms with Gasteiger partial charge in [0, 0.05) is 0 Å². The lowest BCUT2D eigenvalue weighted by Gasteiger charge is -2.02. The van der Waals surface area contributed by atoms with E-state index in [-0.39, 0.29) is 13.2 Å². The molecule has 5 nitrogen and oxygen atoms in total. The van der Waals surface area contributed by atoms with Gasteiger partial charge in [0.25, 0.3) is 5.83 Å². The zero-order chi connectivity index (χ0) is 11.1. The number of Topliss-reactive ketones (excluding diaryl/α,β-unsaturated/α-hetero) is 1. The Morgan fingerprint density at radius 2 is 1.71 bits per heavy atom. The highest BCUT2D eigenvalue weighted by Gasteiger charge is 2.25. The third kappa shape index (κ3) is 3.42. The van der Waals surface area contributed by atoms with E-state index < -0.39 is 23.5 Å². The molecule has 6 heteroatoms. The fourth-order valence-corrected chi connectivity index (χ4v) is 0.583. The van der Waals surface area contributed by atoms with Gasteiger partial charge < -0.3 is 14.6 Å². The molecule has 0 amide bonds. The van der Waals surface area contributed by atoms with Crippen LogP contribution < -0.4 is 0 Å². The third-order valence-corrected chi connectivity index (χ3v) is 1.13. The summed E-state index contributed by atoms with van der Waals surface area (Å²) in [5.41, 5.74) is 0. The minimum Gasteiger partial charge on any atom is -0.479 e. The molecule has 0 heterocycles. The smallest absolute Gasteiger partial charge is 0.382 e. The van der Waals surface area contributed by atoms with E-state index in [4.69, 9.17) is 5.11 Å². The summed E-state index contributed by atoms with van der Waals surface area (Å²) < 4.78 is 21.3. The molecule has 0 saturated heterocycles. The maximum absolute atomic E-state index is 12.8. The first kappa shape index (κ1) is 12.4. The fourth-order valence-electron chi connectivity index (χ4n) is 0.583.